The highest BCUT2D eigenvalue weighted by Crippen LogP contribution is 2.26. The standard InChI is InChI=1S/C14H21ClN2O3S/c1-2-5-16-11-12-3-4-13(15)14(10-12)21(18,19)17-6-8-20-9-7-17/h3-4,10,16H,2,5-9,11H2,1H3. The van der Waals surface area contributed by atoms with Crippen molar-refractivity contribution in [1.82, 2.24) is 9.62 Å². The Hall–Kier alpha value is -0.660. The number of hydrogen-bond acceptors (Lipinski definition) is 4. The molecule has 1 heterocycles. The first-order valence-electron chi connectivity index (χ1n) is 7.12. The summed E-state index contributed by atoms with van der Waals surface area (Å²) in [5, 5.41) is 3.52. The number of hydrogen-bond donors (Lipinski definition) is 1. The molecule has 0 bridgehead atoms. The van der Waals surface area contributed by atoms with E-state index in [1.807, 2.05) is 6.07 Å². The van der Waals surface area contributed by atoms with Gasteiger partial charge < -0.3 is 10.1 Å². The summed E-state index contributed by atoms with van der Waals surface area (Å²) in [6, 6.07) is 5.16. The quantitative estimate of drug-likeness (QED) is 0.808. The first-order valence-corrected chi connectivity index (χ1v) is 8.94. The Kier molecular flexibility index (Phi) is 6.01. The Bertz CT molecular complexity index is 572. The van der Waals surface area contributed by atoms with E-state index in [0.717, 1.165) is 18.5 Å². The monoisotopic (exact) mass is 332 g/mol. The molecule has 1 aromatic rings. The highest BCUT2D eigenvalue weighted by Gasteiger charge is 2.28. The highest BCUT2D eigenvalue weighted by molar-refractivity contribution is 7.89. The topological polar surface area (TPSA) is 58.6 Å². The van der Waals surface area contributed by atoms with E-state index >= 15 is 0 Å². The molecule has 5 nitrogen and oxygen atoms in total. The molecule has 1 fully saturated rings. The molecule has 2 rings (SSSR count). The Labute approximate surface area is 131 Å². The predicted molar refractivity (Wildman–Crippen MR) is 83.0 cm³/mol. The summed E-state index contributed by atoms with van der Waals surface area (Å²) in [5.74, 6) is 0. The lowest BCUT2D eigenvalue weighted by molar-refractivity contribution is 0.0730. The molecule has 1 aliphatic rings. The first-order chi connectivity index (χ1) is 10.1. The number of ether oxygens (including phenoxy) is 1. The smallest absolute Gasteiger partial charge is 0.244 e. The van der Waals surface area contributed by atoms with Gasteiger partial charge in [-0.25, -0.2) is 8.42 Å². The minimum Gasteiger partial charge on any atom is -0.379 e. The SMILES string of the molecule is CCCNCc1ccc(Cl)c(S(=O)(=O)N2CCOCC2)c1. The molecule has 1 N–H and O–H groups in total. The molecule has 1 aromatic carbocycles. The lowest BCUT2D eigenvalue weighted by Crippen LogP contribution is -2.40. The fourth-order valence-electron chi connectivity index (χ4n) is 2.19. The molecule has 0 spiro atoms. The van der Waals surface area contributed by atoms with Crippen LogP contribution in [0.25, 0.3) is 0 Å². The number of morpholine rings is 1. The average Bonchev–Trinajstić information content (AvgIpc) is 2.50. The van der Waals surface area contributed by atoms with Gasteiger partial charge >= 0.3 is 0 Å². The van der Waals surface area contributed by atoms with Crippen molar-refractivity contribution in [3.63, 3.8) is 0 Å². The molecule has 1 saturated heterocycles. The van der Waals surface area contributed by atoms with Gasteiger partial charge in [-0.15, -0.1) is 0 Å². The second kappa shape index (κ2) is 7.56. The van der Waals surface area contributed by atoms with E-state index in [1.165, 1.54) is 4.31 Å². The van der Waals surface area contributed by atoms with Gasteiger partial charge in [0.05, 0.1) is 18.2 Å². The average molecular weight is 333 g/mol. The van der Waals surface area contributed by atoms with Gasteiger partial charge in [-0.05, 0) is 30.7 Å². The maximum atomic E-state index is 12.7. The number of benzene rings is 1. The van der Waals surface area contributed by atoms with Crippen LogP contribution in [0.4, 0.5) is 0 Å². The summed E-state index contributed by atoms with van der Waals surface area (Å²) in [7, 11) is -3.55. The summed E-state index contributed by atoms with van der Waals surface area (Å²) in [4.78, 5) is 0.182. The van der Waals surface area contributed by atoms with E-state index in [9.17, 15) is 8.42 Å². The molecule has 1 aliphatic heterocycles. The van der Waals surface area contributed by atoms with E-state index in [-0.39, 0.29) is 9.92 Å². The van der Waals surface area contributed by atoms with Crippen molar-refractivity contribution in [3.05, 3.63) is 28.8 Å². The Morgan fingerprint density at radius 2 is 2.05 bits per heavy atom. The second-order valence-corrected chi connectivity index (χ2v) is 7.27. The largest absolute Gasteiger partial charge is 0.379 e. The maximum Gasteiger partial charge on any atom is 0.244 e. The Morgan fingerprint density at radius 3 is 2.71 bits per heavy atom. The zero-order chi connectivity index (χ0) is 15.3. The van der Waals surface area contributed by atoms with Gasteiger partial charge in [0.1, 0.15) is 4.90 Å². The number of nitrogens with one attached hydrogen (secondary N) is 1. The molecule has 0 radical (unpaired) electrons. The minimum absolute atomic E-state index is 0.182. The summed E-state index contributed by atoms with van der Waals surface area (Å²) in [5.41, 5.74) is 0.916. The van der Waals surface area contributed by atoms with Gasteiger partial charge in [0.15, 0.2) is 0 Å². The number of rotatable bonds is 6. The highest BCUT2D eigenvalue weighted by atomic mass is 35.5. The normalized spacial score (nSPS) is 17.0. The second-order valence-electron chi connectivity index (χ2n) is 4.96. The Morgan fingerprint density at radius 1 is 1.33 bits per heavy atom. The first kappa shape index (κ1) is 16.7. The van der Waals surface area contributed by atoms with Gasteiger partial charge in [-0.1, -0.05) is 24.6 Å². The fraction of sp³-hybridized carbons (Fsp3) is 0.571. The molecule has 0 aromatic heterocycles. The Balaban J connectivity index is 2.22. The van der Waals surface area contributed by atoms with Crippen LogP contribution >= 0.6 is 11.6 Å². The van der Waals surface area contributed by atoms with Crippen molar-refractivity contribution in [2.75, 3.05) is 32.8 Å². The van der Waals surface area contributed by atoms with Gasteiger partial charge in [-0.3, -0.25) is 0 Å². The summed E-state index contributed by atoms with van der Waals surface area (Å²) >= 11 is 6.10. The van der Waals surface area contributed by atoms with E-state index < -0.39 is 10.0 Å². The van der Waals surface area contributed by atoms with Crippen LogP contribution in [0.5, 0.6) is 0 Å². The molecular weight excluding hydrogens is 312 g/mol. The maximum absolute atomic E-state index is 12.7. The van der Waals surface area contributed by atoms with Crippen molar-refractivity contribution >= 4 is 21.6 Å². The van der Waals surface area contributed by atoms with Crippen LogP contribution in [0.2, 0.25) is 5.02 Å². The lowest BCUT2D eigenvalue weighted by atomic mass is 10.2. The van der Waals surface area contributed by atoms with E-state index in [0.29, 0.717) is 32.8 Å². The van der Waals surface area contributed by atoms with Crippen LogP contribution in [0, 0.1) is 0 Å². The predicted octanol–water partition coefficient (Wildman–Crippen LogP) is 1.86. The molecule has 118 valence electrons. The number of sulfonamides is 1. The zero-order valence-corrected chi connectivity index (χ0v) is 13.7. The third kappa shape index (κ3) is 4.17. The van der Waals surface area contributed by atoms with Gasteiger partial charge in [-0.2, -0.15) is 4.31 Å². The lowest BCUT2D eigenvalue weighted by Gasteiger charge is -2.26. The van der Waals surface area contributed by atoms with Gasteiger partial charge in [0.2, 0.25) is 10.0 Å². The number of nitrogens with zero attached hydrogens (tertiary/aromatic N) is 1. The third-order valence-electron chi connectivity index (χ3n) is 3.34. The number of halogens is 1. The molecule has 0 amide bonds. The van der Waals surface area contributed by atoms with Crippen molar-refractivity contribution < 1.29 is 13.2 Å². The van der Waals surface area contributed by atoms with Gasteiger partial charge in [0.25, 0.3) is 0 Å². The molecule has 0 atom stereocenters. The minimum atomic E-state index is -3.55. The summed E-state index contributed by atoms with van der Waals surface area (Å²) in [6.07, 6.45) is 1.03. The van der Waals surface area contributed by atoms with Crippen molar-refractivity contribution in [3.8, 4) is 0 Å². The molecule has 0 saturated carbocycles. The van der Waals surface area contributed by atoms with Crippen molar-refractivity contribution in [2.24, 2.45) is 0 Å². The fourth-order valence-corrected chi connectivity index (χ4v) is 4.12. The molecule has 0 aliphatic carbocycles. The van der Waals surface area contributed by atoms with Crippen molar-refractivity contribution in [2.45, 2.75) is 24.8 Å². The molecular formula is C14H21ClN2O3S. The van der Waals surface area contributed by atoms with Crippen molar-refractivity contribution in [1.29, 1.82) is 0 Å². The van der Waals surface area contributed by atoms with Crippen LogP contribution in [-0.2, 0) is 21.3 Å². The van der Waals surface area contributed by atoms with Crippen LogP contribution in [0.3, 0.4) is 0 Å². The van der Waals surface area contributed by atoms with Gasteiger partial charge in [0, 0.05) is 19.6 Å². The van der Waals surface area contributed by atoms with Crippen LogP contribution in [-0.4, -0.2) is 45.6 Å². The van der Waals surface area contributed by atoms with Crippen LogP contribution < -0.4 is 5.32 Å². The summed E-state index contributed by atoms with van der Waals surface area (Å²) < 4.78 is 31.9. The summed E-state index contributed by atoms with van der Waals surface area (Å²) in [6.45, 7) is 5.21. The molecule has 21 heavy (non-hydrogen) atoms. The molecule has 7 heteroatoms. The molecule has 0 unspecified atom stereocenters. The van der Waals surface area contributed by atoms with Crippen LogP contribution in [0.15, 0.2) is 23.1 Å². The van der Waals surface area contributed by atoms with E-state index in [1.54, 1.807) is 12.1 Å². The third-order valence-corrected chi connectivity index (χ3v) is 5.72. The zero-order valence-electron chi connectivity index (χ0n) is 12.1. The van der Waals surface area contributed by atoms with Crippen LogP contribution in [0.1, 0.15) is 18.9 Å². The van der Waals surface area contributed by atoms with E-state index in [4.69, 9.17) is 16.3 Å². The van der Waals surface area contributed by atoms with E-state index in [2.05, 4.69) is 12.2 Å².